The first-order valence-corrected chi connectivity index (χ1v) is 7.36. The molecule has 20 heavy (non-hydrogen) atoms. The van der Waals surface area contributed by atoms with Crippen LogP contribution < -0.4 is 0 Å². The highest BCUT2D eigenvalue weighted by Crippen LogP contribution is 2.19. The van der Waals surface area contributed by atoms with Crippen molar-refractivity contribution in [3.63, 3.8) is 0 Å². The average Bonchev–Trinajstić information content (AvgIpc) is 3.09. The van der Waals surface area contributed by atoms with Gasteiger partial charge in [-0.25, -0.2) is 0 Å². The molecule has 102 valence electrons. The molecule has 0 amide bonds. The maximum absolute atomic E-state index is 12.2. The highest BCUT2D eigenvalue weighted by atomic mass is 32.2. The van der Waals surface area contributed by atoms with Crippen molar-refractivity contribution in [3.8, 4) is 11.4 Å². The molecular weight excluding hydrogens is 276 g/mol. The molecule has 2 heterocycles. The number of nitrogens with zero attached hydrogens (tertiary/aromatic N) is 2. The molecule has 0 saturated carbocycles. The maximum Gasteiger partial charge on any atom is 0.239 e. The maximum atomic E-state index is 12.2. The van der Waals surface area contributed by atoms with Crippen LogP contribution in [0.3, 0.4) is 0 Å². The lowest BCUT2D eigenvalue weighted by atomic mass is 10.2. The third kappa shape index (κ3) is 2.55. The van der Waals surface area contributed by atoms with Gasteiger partial charge in [0.15, 0.2) is 0 Å². The Hall–Kier alpha value is -2.21. The molecule has 1 atom stereocenters. The van der Waals surface area contributed by atoms with Gasteiger partial charge in [-0.1, -0.05) is 35.5 Å². The van der Waals surface area contributed by atoms with Gasteiger partial charge >= 0.3 is 0 Å². The number of benzene rings is 1. The summed E-state index contributed by atoms with van der Waals surface area (Å²) in [4.78, 5) is 4.92. The van der Waals surface area contributed by atoms with Crippen molar-refractivity contribution >= 4 is 10.8 Å². The van der Waals surface area contributed by atoms with Crippen LogP contribution in [0.15, 0.2) is 56.5 Å². The molecule has 1 aromatic carbocycles. The normalized spacial score (nSPS) is 12.4. The summed E-state index contributed by atoms with van der Waals surface area (Å²) in [6.07, 6.45) is 1.52. The van der Waals surface area contributed by atoms with E-state index >= 15 is 0 Å². The molecule has 3 rings (SSSR count). The third-order valence-corrected chi connectivity index (χ3v) is 4.23. The first kappa shape index (κ1) is 12.8. The van der Waals surface area contributed by atoms with Crippen molar-refractivity contribution in [3.05, 3.63) is 54.3 Å². The predicted octanol–water partition coefficient (Wildman–Crippen LogP) is 2.95. The lowest BCUT2D eigenvalue weighted by Gasteiger charge is -1.95. The predicted molar refractivity (Wildman–Crippen MR) is 73.3 cm³/mol. The standard InChI is InChI=1S/C14H12N2O3S/c1-10-12(7-8-18-10)20(17)9-13-15-14(16-19-13)11-5-3-2-4-6-11/h2-8H,9H2,1H3. The van der Waals surface area contributed by atoms with E-state index in [1.165, 1.54) is 6.26 Å². The van der Waals surface area contributed by atoms with Crippen molar-refractivity contribution in [2.24, 2.45) is 0 Å². The Bertz CT molecular complexity index is 734. The minimum Gasteiger partial charge on any atom is -0.468 e. The number of aryl methyl sites for hydroxylation is 1. The fraction of sp³-hybridized carbons (Fsp3) is 0.143. The molecular formula is C14H12N2O3S. The number of hydrogen-bond donors (Lipinski definition) is 0. The Kier molecular flexibility index (Phi) is 3.47. The lowest BCUT2D eigenvalue weighted by molar-refractivity contribution is 0.390. The van der Waals surface area contributed by atoms with E-state index in [-0.39, 0.29) is 5.75 Å². The first-order valence-electron chi connectivity index (χ1n) is 6.04. The second kappa shape index (κ2) is 5.42. The summed E-state index contributed by atoms with van der Waals surface area (Å²) in [5.41, 5.74) is 0.868. The molecule has 3 aromatic rings. The second-order valence-corrected chi connectivity index (χ2v) is 5.63. The molecule has 0 bridgehead atoms. The number of furan rings is 1. The molecule has 5 nitrogen and oxygen atoms in total. The Morgan fingerprint density at radius 1 is 1.20 bits per heavy atom. The topological polar surface area (TPSA) is 69.1 Å². The van der Waals surface area contributed by atoms with Gasteiger partial charge < -0.3 is 8.94 Å². The quantitative estimate of drug-likeness (QED) is 0.738. The van der Waals surface area contributed by atoms with Gasteiger partial charge in [0, 0.05) is 5.56 Å². The highest BCUT2D eigenvalue weighted by Gasteiger charge is 2.15. The minimum atomic E-state index is -1.25. The molecule has 6 heteroatoms. The molecule has 0 aliphatic heterocycles. The van der Waals surface area contributed by atoms with Crippen LogP contribution in [-0.4, -0.2) is 14.3 Å². The monoisotopic (exact) mass is 288 g/mol. The third-order valence-electron chi connectivity index (χ3n) is 2.81. The summed E-state index contributed by atoms with van der Waals surface area (Å²) in [5.74, 6) is 1.68. The van der Waals surface area contributed by atoms with Crippen LogP contribution in [0.4, 0.5) is 0 Å². The van der Waals surface area contributed by atoms with Crippen LogP contribution in [0.1, 0.15) is 11.7 Å². The van der Waals surface area contributed by atoms with Crippen LogP contribution in [0.25, 0.3) is 11.4 Å². The van der Waals surface area contributed by atoms with Gasteiger partial charge in [-0.3, -0.25) is 4.21 Å². The van der Waals surface area contributed by atoms with E-state index in [1.807, 2.05) is 30.3 Å². The Labute approximate surface area is 118 Å². The summed E-state index contributed by atoms with van der Waals surface area (Å²) < 4.78 is 22.4. The Morgan fingerprint density at radius 2 is 2.00 bits per heavy atom. The summed E-state index contributed by atoms with van der Waals surface area (Å²) in [6, 6.07) is 11.2. The molecule has 0 aliphatic rings. The van der Waals surface area contributed by atoms with E-state index < -0.39 is 10.8 Å². The van der Waals surface area contributed by atoms with E-state index in [2.05, 4.69) is 10.1 Å². The first-order chi connectivity index (χ1) is 9.74. The molecule has 0 radical (unpaired) electrons. The summed E-state index contributed by atoms with van der Waals surface area (Å²) in [6.45, 7) is 1.77. The van der Waals surface area contributed by atoms with Crippen molar-refractivity contribution in [2.75, 3.05) is 0 Å². The minimum absolute atomic E-state index is 0.181. The van der Waals surface area contributed by atoms with Gasteiger partial charge in [0.2, 0.25) is 11.7 Å². The zero-order valence-electron chi connectivity index (χ0n) is 10.8. The summed E-state index contributed by atoms with van der Waals surface area (Å²) in [5, 5.41) is 3.90. The molecule has 0 spiro atoms. The molecule has 0 N–H and O–H groups in total. The lowest BCUT2D eigenvalue weighted by Crippen LogP contribution is -1.97. The number of aromatic nitrogens is 2. The van der Waals surface area contributed by atoms with Crippen molar-refractivity contribution in [2.45, 2.75) is 17.6 Å². The Balaban J connectivity index is 1.78. The van der Waals surface area contributed by atoms with Gasteiger partial charge in [0.1, 0.15) is 11.5 Å². The molecule has 0 aliphatic carbocycles. The Morgan fingerprint density at radius 3 is 2.70 bits per heavy atom. The van der Waals surface area contributed by atoms with Crippen molar-refractivity contribution < 1.29 is 13.1 Å². The number of hydrogen-bond acceptors (Lipinski definition) is 5. The van der Waals surface area contributed by atoms with Crippen LogP contribution in [0.5, 0.6) is 0 Å². The van der Waals surface area contributed by atoms with E-state index in [9.17, 15) is 4.21 Å². The van der Waals surface area contributed by atoms with E-state index in [0.29, 0.717) is 22.4 Å². The highest BCUT2D eigenvalue weighted by molar-refractivity contribution is 7.84. The van der Waals surface area contributed by atoms with Crippen molar-refractivity contribution in [1.82, 2.24) is 10.1 Å². The second-order valence-electron chi connectivity index (χ2n) is 4.21. The van der Waals surface area contributed by atoms with Crippen molar-refractivity contribution in [1.29, 1.82) is 0 Å². The van der Waals surface area contributed by atoms with Crippen LogP contribution in [-0.2, 0) is 16.6 Å². The van der Waals surface area contributed by atoms with Crippen LogP contribution in [0, 0.1) is 6.92 Å². The van der Waals surface area contributed by atoms with Gasteiger partial charge in [-0.15, -0.1) is 0 Å². The molecule has 0 fully saturated rings. The molecule has 1 unspecified atom stereocenters. The van der Waals surface area contributed by atoms with Gasteiger partial charge in [-0.2, -0.15) is 4.98 Å². The summed E-state index contributed by atoms with van der Waals surface area (Å²) >= 11 is 0. The fourth-order valence-corrected chi connectivity index (χ4v) is 2.89. The van der Waals surface area contributed by atoms with Gasteiger partial charge in [0.05, 0.1) is 22.0 Å². The average molecular weight is 288 g/mol. The zero-order chi connectivity index (χ0) is 13.9. The number of rotatable bonds is 4. The van der Waals surface area contributed by atoms with Gasteiger partial charge in [-0.05, 0) is 13.0 Å². The summed E-state index contributed by atoms with van der Waals surface area (Å²) in [7, 11) is -1.25. The molecule has 2 aromatic heterocycles. The smallest absolute Gasteiger partial charge is 0.239 e. The van der Waals surface area contributed by atoms with E-state index in [4.69, 9.17) is 8.94 Å². The van der Waals surface area contributed by atoms with Crippen LogP contribution >= 0.6 is 0 Å². The van der Waals surface area contributed by atoms with Gasteiger partial charge in [0.25, 0.3) is 0 Å². The van der Waals surface area contributed by atoms with Crippen LogP contribution in [0.2, 0.25) is 0 Å². The largest absolute Gasteiger partial charge is 0.468 e. The van der Waals surface area contributed by atoms with E-state index in [0.717, 1.165) is 5.56 Å². The fourth-order valence-electron chi connectivity index (χ4n) is 1.82. The molecule has 0 saturated heterocycles. The van der Waals surface area contributed by atoms with E-state index in [1.54, 1.807) is 13.0 Å². The SMILES string of the molecule is Cc1occc1S(=O)Cc1nc(-c2ccccc2)no1. The zero-order valence-corrected chi connectivity index (χ0v) is 11.6.